The maximum atomic E-state index is 11.0. The maximum absolute atomic E-state index is 11.0. The first-order chi connectivity index (χ1) is 7.47. The molecule has 3 N–H and O–H groups in total. The normalized spacial score (nSPS) is 11.3. The fraction of sp³-hybridized carbons (Fsp3) is 0.556. The summed E-state index contributed by atoms with van der Waals surface area (Å²) in [4.78, 5) is 42.3. The molecule has 0 bridgehead atoms. The third-order valence-electron chi connectivity index (χ3n) is 1.73. The van der Waals surface area contributed by atoms with E-state index in [-0.39, 0.29) is 25.2 Å². The number of aldehydes is 1. The third kappa shape index (κ3) is 6.52. The zero-order chi connectivity index (χ0) is 12.6. The SMILES string of the molecule is CC(=O)CCC(NC(=O)NCC=O)C(=O)O. The molecule has 0 heterocycles. The van der Waals surface area contributed by atoms with Crippen molar-refractivity contribution in [2.24, 2.45) is 0 Å². The maximum Gasteiger partial charge on any atom is 0.326 e. The van der Waals surface area contributed by atoms with Crippen LogP contribution in [0.1, 0.15) is 19.8 Å². The van der Waals surface area contributed by atoms with Crippen LogP contribution in [0.15, 0.2) is 0 Å². The molecule has 0 aliphatic heterocycles. The van der Waals surface area contributed by atoms with Gasteiger partial charge in [-0.1, -0.05) is 0 Å². The molecule has 0 aromatic rings. The number of carboxylic acids is 1. The minimum atomic E-state index is -1.22. The number of carboxylic acid groups (broad SMARTS) is 1. The predicted octanol–water partition coefficient (Wildman–Crippen LogP) is -0.693. The summed E-state index contributed by atoms with van der Waals surface area (Å²) in [5.74, 6) is -1.37. The van der Waals surface area contributed by atoms with Gasteiger partial charge in [0.15, 0.2) is 0 Å². The Labute approximate surface area is 92.2 Å². The molecular formula is C9H14N2O5. The highest BCUT2D eigenvalue weighted by molar-refractivity contribution is 5.84. The van der Waals surface area contributed by atoms with Gasteiger partial charge in [0.25, 0.3) is 0 Å². The van der Waals surface area contributed by atoms with Crippen LogP contribution in [0, 0.1) is 0 Å². The van der Waals surface area contributed by atoms with Crippen molar-refractivity contribution >= 4 is 24.1 Å². The summed E-state index contributed by atoms with van der Waals surface area (Å²) < 4.78 is 0. The van der Waals surface area contributed by atoms with Gasteiger partial charge in [0, 0.05) is 6.42 Å². The molecule has 0 aliphatic rings. The molecule has 16 heavy (non-hydrogen) atoms. The molecule has 0 fully saturated rings. The largest absolute Gasteiger partial charge is 0.480 e. The Hall–Kier alpha value is -1.92. The van der Waals surface area contributed by atoms with E-state index in [1.165, 1.54) is 6.92 Å². The second-order valence-corrected chi connectivity index (χ2v) is 3.15. The molecule has 0 aliphatic carbocycles. The lowest BCUT2D eigenvalue weighted by atomic mass is 10.1. The molecule has 0 spiro atoms. The first kappa shape index (κ1) is 14.1. The summed E-state index contributed by atoms with van der Waals surface area (Å²) in [6.07, 6.45) is 0.578. The number of urea groups is 1. The molecule has 1 unspecified atom stereocenters. The molecule has 0 aromatic heterocycles. The molecule has 0 saturated heterocycles. The van der Waals surface area contributed by atoms with Crippen molar-refractivity contribution in [2.75, 3.05) is 6.54 Å². The van der Waals surface area contributed by atoms with E-state index in [9.17, 15) is 19.2 Å². The van der Waals surface area contributed by atoms with Gasteiger partial charge in [-0.05, 0) is 13.3 Å². The van der Waals surface area contributed by atoms with Crippen LogP contribution in [-0.2, 0) is 14.4 Å². The molecule has 0 rings (SSSR count). The van der Waals surface area contributed by atoms with Crippen LogP contribution in [0.5, 0.6) is 0 Å². The van der Waals surface area contributed by atoms with E-state index in [2.05, 4.69) is 10.6 Å². The highest BCUT2D eigenvalue weighted by Gasteiger charge is 2.19. The lowest BCUT2D eigenvalue weighted by Crippen LogP contribution is -2.46. The van der Waals surface area contributed by atoms with Crippen molar-refractivity contribution in [3.05, 3.63) is 0 Å². The molecular weight excluding hydrogens is 216 g/mol. The fourth-order valence-corrected chi connectivity index (χ4v) is 0.949. The number of amides is 2. The Bertz CT molecular complexity index is 290. The highest BCUT2D eigenvalue weighted by atomic mass is 16.4. The number of hydrogen-bond acceptors (Lipinski definition) is 4. The Morgan fingerprint density at radius 3 is 2.44 bits per heavy atom. The lowest BCUT2D eigenvalue weighted by Gasteiger charge is -2.13. The quantitative estimate of drug-likeness (QED) is 0.501. The topological polar surface area (TPSA) is 113 Å². The predicted molar refractivity (Wildman–Crippen MR) is 53.9 cm³/mol. The van der Waals surface area contributed by atoms with Gasteiger partial charge >= 0.3 is 12.0 Å². The Kier molecular flexibility index (Phi) is 6.50. The summed E-state index contributed by atoms with van der Waals surface area (Å²) in [5.41, 5.74) is 0. The molecule has 0 radical (unpaired) electrons. The van der Waals surface area contributed by atoms with Crippen LogP contribution < -0.4 is 10.6 Å². The number of nitrogens with one attached hydrogen (secondary N) is 2. The van der Waals surface area contributed by atoms with E-state index < -0.39 is 18.0 Å². The van der Waals surface area contributed by atoms with Crippen LogP contribution in [-0.4, -0.2) is 41.8 Å². The van der Waals surface area contributed by atoms with Gasteiger partial charge in [-0.15, -0.1) is 0 Å². The summed E-state index contributed by atoms with van der Waals surface area (Å²) in [6.45, 7) is 1.15. The van der Waals surface area contributed by atoms with Crippen molar-refractivity contribution in [3.8, 4) is 0 Å². The number of hydrogen-bond donors (Lipinski definition) is 3. The molecule has 0 saturated carbocycles. The van der Waals surface area contributed by atoms with Crippen LogP contribution in [0.4, 0.5) is 4.79 Å². The molecule has 7 heteroatoms. The second-order valence-electron chi connectivity index (χ2n) is 3.15. The fourth-order valence-electron chi connectivity index (χ4n) is 0.949. The van der Waals surface area contributed by atoms with Crippen LogP contribution in [0.3, 0.4) is 0 Å². The monoisotopic (exact) mass is 230 g/mol. The van der Waals surface area contributed by atoms with Gasteiger partial charge < -0.3 is 25.3 Å². The van der Waals surface area contributed by atoms with Gasteiger partial charge in [-0.25, -0.2) is 9.59 Å². The lowest BCUT2D eigenvalue weighted by molar-refractivity contribution is -0.139. The van der Waals surface area contributed by atoms with Gasteiger partial charge in [0.1, 0.15) is 18.1 Å². The van der Waals surface area contributed by atoms with Crippen LogP contribution >= 0.6 is 0 Å². The van der Waals surface area contributed by atoms with E-state index in [4.69, 9.17) is 5.11 Å². The van der Waals surface area contributed by atoms with Crippen molar-refractivity contribution in [1.82, 2.24) is 10.6 Å². The smallest absolute Gasteiger partial charge is 0.326 e. The molecule has 7 nitrogen and oxygen atoms in total. The summed E-state index contributed by atoms with van der Waals surface area (Å²) in [7, 11) is 0. The minimum Gasteiger partial charge on any atom is -0.480 e. The minimum absolute atomic E-state index is 0.0270. The van der Waals surface area contributed by atoms with E-state index in [1.807, 2.05) is 0 Å². The van der Waals surface area contributed by atoms with Crippen LogP contribution in [0.2, 0.25) is 0 Å². The Morgan fingerprint density at radius 2 is 2.00 bits per heavy atom. The first-order valence-corrected chi connectivity index (χ1v) is 4.67. The van der Waals surface area contributed by atoms with E-state index in [0.717, 1.165) is 0 Å². The van der Waals surface area contributed by atoms with Crippen molar-refractivity contribution in [3.63, 3.8) is 0 Å². The molecule has 1 atom stereocenters. The summed E-state index contributed by atoms with van der Waals surface area (Å²) >= 11 is 0. The average Bonchev–Trinajstić information content (AvgIpc) is 2.20. The Morgan fingerprint density at radius 1 is 1.38 bits per heavy atom. The first-order valence-electron chi connectivity index (χ1n) is 4.67. The number of carbonyl (C=O) groups is 4. The average molecular weight is 230 g/mol. The number of ketones is 1. The van der Waals surface area contributed by atoms with Crippen molar-refractivity contribution < 1.29 is 24.3 Å². The highest BCUT2D eigenvalue weighted by Crippen LogP contribution is 1.98. The van der Waals surface area contributed by atoms with Crippen molar-refractivity contribution in [1.29, 1.82) is 0 Å². The molecule has 0 aromatic carbocycles. The summed E-state index contributed by atoms with van der Waals surface area (Å²) in [6, 6.07) is -1.88. The summed E-state index contributed by atoms with van der Waals surface area (Å²) in [5, 5.41) is 13.0. The zero-order valence-electron chi connectivity index (χ0n) is 8.86. The number of carbonyl (C=O) groups excluding carboxylic acids is 3. The zero-order valence-corrected chi connectivity index (χ0v) is 8.86. The van der Waals surface area contributed by atoms with Crippen molar-refractivity contribution in [2.45, 2.75) is 25.8 Å². The van der Waals surface area contributed by atoms with E-state index in [1.54, 1.807) is 0 Å². The molecule has 90 valence electrons. The number of rotatable bonds is 7. The number of aliphatic carboxylic acids is 1. The van der Waals surface area contributed by atoms with Gasteiger partial charge in [0.2, 0.25) is 0 Å². The standard InChI is InChI=1S/C9H14N2O5/c1-6(13)2-3-7(8(14)15)11-9(16)10-4-5-12/h5,7H,2-4H2,1H3,(H,14,15)(H2,10,11,16). The van der Waals surface area contributed by atoms with E-state index in [0.29, 0.717) is 6.29 Å². The van der Waals surface area contributed by atoms with E-state index >= 15 is 0 Å². The van der Waals surface area contributed by atoms with Crippen LogP contribution in [0.25, 0.3) is 0 Å². The van der Waals surface area contributed by atoms with Gasteiger partial charge in [-0.2, -0.15) is 0 Å². The Balaban J connectivity index is 4.11. The van der Waals surface area contributed by atoms with Gasteiger partial charge in [0.05, 0.1) is 6.54 Å². The second kappa shape index (κ2) is 7.38. The third-order valence-corrected chi connectivity index (χ3v) is 1.73. The van der Waals surface area contributed by atoms with Gasteiger partial charge in [-0.3, -0.25) is 0 Å². The number of Topliss-reactive ketones (excluding diaryl/α,β-unsaturated/α-hetero) is 1. The molecule has 2 amide bonds.